The third-order valence-corrected chi connectivity index (χ3v) is 3.11. The van der Waals surface area contributed by atoms with Crippen LogP contribution in [0, 0.1) is 18.3 Å². The molecule has 1 atom stereocenters. The van der Waals surface area contributed by atoms with E-state index < -0.39 is 0 Å². The normalized spacial score (nSPS) is 19.0. The van der Waals surface area contributed by atoms with E-state index in [4.69, 9.17) is 10.00 Å². The van der Waals surface area contributed by atoms with Crippen molar-refractivity contribution in [2.75, 3.05) is 36.5 Å². The van der Waals surface area contributed by atoms with Crippen molar-refractivity contribution in [3.8, 4) is 6.07 Å². The molecule has 0 aromatic carbocycles. The standard InChI is InChI=1S/C13H19N5O/c1-3-4-15-12-10(2)13(17-9-16-12)18-5-6-19-11(7-14)8-18/h9,11H,3-6,8H2,1-2H3,(H,15,16,17). The van der Waals surface area contributed by atoms with Gasteiger partial charge in [-0.05, 0) is 13.3 Å². The largest absolute Gasteiger partial charge is 0.370 e. The molecular weight excluding hydrogens is 242 g/mol. The van der Waals surface area contributed by atoms with Crippen molar-refractivity contribution in [1.29, 1.82) is 5.26 Å². The van der Waals surface area contributed by atoms with E-state index in [1.54, 1.807) is 6.33 Å². The van der Waals surface area contributed by atoms with Crippen LogP contribution in [0.2, 0.25) is 0 Å². The zero-order chi connectivity index (χ0) is 13.7. The highest BCUT2D eigenvalue weighted by molar-refractivity contribution is 5.58. The lowest BCUT2D eigenvalue weighted by molar-refractivity contribution is 0.0761. The number of rotatable bonds is 4. The first-order valence-electron chi connectivity index (χ1n) is 6.58. The van der Waals surface area contributed by atoms with Crippen molar-refractivity contribution >= 4 is 11.6 Å². The smallest absolute Gasteiger partial charge is 0.161 e. The SMILES string of the molecule is CCCNc1ncnc(N2CCOC(C#N)C2)c1C. The van der Waals surface area contributed by atoms with Gasteiger partial charge in [-0.3, -0.25) is 0 Å². The van der Waals surface area contributed by atoms with Crippen LogP contribution in [0.25, 0.3) is 0 Å². The third kappa shape index (κ3) is 3.12. The van der Waals surface area contributed by atoms with E-state index in [1.165, 1.54) is 0 Å². The van der Waals surface area contributed by atoms with E-state index >= 15 is 0 Å². The molecule has 0 spiro atoms. The van der Waals surface area contributed by atoms with E-state index in [9.17, 15) is 0 Å². The van der Waals surface area contributed by atoms with Gasteiger partial charge in [0.25, 0.3) is 0 Å². The number of ether oxygens (including phenoxy) is 1. The Morgan fingerprint density at radius 1 is 1.58 bits per heavy atom. The average molecular weight is 261 g/mol. The first-order chi connectivity index (χ1) is 9.26. The molecule has 0 radical (unpaired) electrons. The summed E-state index contributed by atoms with van der Waals surface area (Å²) >= 11 is 0. The molecule has 2 rings (SSSR count). The van der Waals surface area contributed by atoms with Crippen LogP contribution in [0.3, 0.4) is 0 Å². The number of aromatic nitrogens is 2. The van der Waals surface area contributed by atoms with Crippen molar-refractivity contribution < 1.29 is 4.74 Å². The molecule has 0 bridgehead atoms. The van der Waals surface area contributed by atoms with Crippen LogP contribution in [0.1, 0.15) is 18.9 Å². The topological polar surface area (TPSA) is 74.1 Å². The van der Waals surface area contributed by atoms with Crippen LogP contribution in [0.4, 0.5) is 11.6 Å². The molecule has 1 unspecified atom stereocenters. The zero-order valence-corrected chi connectivity index (χ0v) is 11.4. The molecule has 1 aromatic rings. The molecule has 0 aliphatic carbocycles. The van der Waals surface area contributed by atoms with Gasteiger partial charge in [0.1, 0.15) is 18.0 Å². The van der Waals surface area contributed by atoms with E-state index in [-0.39, 0.29) is 6.10 Å². The molecule has 1 N–H and O–H groups in total. The van der Waals surface area contributed by atoms with Crippen LogP contribution >= 0.6 is 0 Å². The summed E-state index contributed by atoms with van der Waals surface area (Å²) < 4.78 is 5.35. The van der Waals surface area contributed by atoms with Gasteiger partial charge in [-0.1, -0.05) is 6.92 Å². The number of morpholine rings is 1. The van der Waals surface area contributed by atoms with Gasteiger partial charge in [0.05, 0.1) is 19.2 Å². The lowest BCUT2D eigenvalue weighted by Gasteiger charge is -2.31. The van der Waals surface area contributed by atoms with Crippen LogP contribution in [-0.4, -0.2) is 42.3 Å². The Bertz CT molecular complexity index is 471. The number of nitrogens with one attached hydrogen (secondary N) is 1. The molecule has 102 valence electrons. The molecule has 1 aromatic heterocycles. The Kier molecular flexibility index (Phi) is 4.53. The predicted octanol–water partition coefficient (Wildman–Crippen LogP) is 1.34. The summed E-state index contributed by atoms with van der Waals surface area (Å²) in [6.07, 6.45) is 2.24. The van der Waals surface area contributed by atoms with Crippen molar-refractivity contribution in [2.24, 2.45) is 0 Å². The predicted molar refractivity (Wildman–Crippen MR) is 73.1 cm³/mol. The average Bonchev–Trinajstić information content (AvgIpc) is 2.46. The highest BCUT2D eigenvalue weighted by Gasteiger charge is 2.23. The molecular formula is C13H19N5O. The van der Waals surface area contributed by atoms with E-state index in [0.717, 1.165) is 36.7 Å². The summed E-state index contributed by atoms with van der Waals surface area (Å²) in [6, 6.07) is 2.15. The van der Waals surface area contributed by atoms with Crippen LogP contribution in [0.5, 0.6) is 0 Å². The summed E-state index contributed by atoms with van der Waals surface area (Å²) in [5.41, 5.74) is 1.02. The number of hydrogen-bond acceptors (Lipinski definition) is 6. The Morgan fingerprint density at radius 2 is 2.42 bits per heavy atom. The molecule has 19 heavy (non-hydrogen) atoms. The van der Waals surface area contributed by atoms with E-state index in [2.05, 4.69) is 33.2 Å². The summed E-state index contributed by atoms with van der Waals surface area (Å²) in [4.78, 5) is 10.7. The molecule has 1 fully saturated rings. The van der Waals surface area contributed by atoms with Gasteiger partial charge in [-0.25, -0.2) is 9.97 Å². The molecule has 1 aliphatic heterocycles. The van der Waals surface area contributed by atoms with Crippen molar-refractivity contribution in [3.05, 3.63) is 11.9 Å². The summed E-state index contributed by atoms with van der Waals surface area (Å²) in [6.45, 7) is 6.87. The summed E-state index contributed by atoms with van der Waals surface area (Å²) in [5, 5.41) is 12.2. The molecule has 1 aliphatic rings. The molecule has 6 nitrogen and oxygen atoms in total. The lowest BCUT2D eigenvalue weighted by Crippen LogP contribution is -2.42. The Morgan fingerprint density at radius 3 is 3.16 bits per heavy atom. The minimum absolute atomic E-state index is 0.379. The van der Waals surface area contributed by atoms with Crippen LogP contribution in [0.15, 0.2) is 6.33 Å². The molecule has 0 saturated carbocycles. The first kappa shape index (κ1) is 13.6. The highest BCUT2D eigenvalue weighted by atomic mass is 16.5. The maximum atomic E-state index is 8.95. The maximum absolute atomic E-state index is 8.95. The van der Waals surface area contributed by atoms with Gasteiger partial charge in [0.15, 0.2) is 6.10 Å². The third-order valence-electron chi connectivity index (χ3n) is 3.11. The monoisotopic (exact) mass is 261 g/mol. The minimum Gasteiger partial charge on any atom is -0.370 e. The number of nitriles is 1. The summed E-state index contributed by atoms with van der Waals surface area (Å²) in [5.74, 6) is 1.75. The highest BCUT2D eigenvalue weighted by Crippen LogP contribution is 2.23. The van der Waals surface area contributed by atoms with Crippen molar-refractivity contribution in [2.45, 2.75) is 26.4 Å². The minimum atomic E-state index is -0.379. The lowest BCUT2D eigenvalue weighted by atomic mass is 10.2. The van der Waals surface area contributed by atoms with Crippen LogP contribution < -0.4 is 10.2 Å². The molecule has 0 amide bonds. The fourth-order valence-electron chi connectivity index (χ4n) is 2.10. The van der Waals surface area contributed by atoms with Gasteiger partial charge >= 0.3 is 0 Å². The van der Waals surface area contributed by atoms with E-state index in [1.807, 2.05) is 6.92 Å². The van der Waals surface area contributed by atoms with Crippen LogP contribution in [-0.2, 0) is 4.74 Å². The van der Waals surface area contributed by atoms with E-state index in [0.29, 0.717) is 13.2 Å². The molecule has 6 heteroatoms. The fourth-order valence-corrected chi connectivity index (χ4v) is 2.10. The number of nitrogens with zero attached hydrogens (tertiary/aromatic N) is 4. The Balaban J connectivity index is 2.17. The Labute approximate surface area is 113 Å². The van der Waals surface area contributed by atoms with Gasteiger partial charge in [-0.15, -0.1) is 0 Å². The second-order valence-corrected chi connectivity index (χ2v) is 4.53. The fraction of sp³-hybridized carbons (Fsp3) is 0.615. The quantitative estimate of drug-likeness (QED) is 0.881. The van der Waals surface area contributed by atoms with Gasteiger partial charge in [-0.2, -0.15) is 5.26 Å². The van der Waals surface area contributed by atoms with Gasteiger partial charge in [0, 0.05) is 18.7 Å². The second-order valence-electron chi connectivity index (χ2n) is 4.53. The zero-order valence-electron chi connectivity index (χ0n) is 11.4. The molecule has 2 heterocycles. The number of anilines is 2. The molecule has 1 saturated heterocycles. The van der Waals surface area contributed by atoms with Gasteiger partial charge in [0.2, 0.25) is 0 Å². The summed E-state index contributed by atoms with van der Waals surface area (Å²) in [7, 11) is 0. The Hall–Kier alpha value is -1.87. The van der Waals surface area contributed by atoms with Crippen molar-refractivity contribution in [3.63, 3.8) is 0 Å². The maximum Gasteiger partial charge on any atom is 0.161 e. The first-order valence-corrected chi connectivity index (χ1v) is 6.58. The van der Waals surface area contributed by atoms with Crippen molar-refractivity contribution in [1.82, 2.24) is 9.97 Å². The number of hydrogen-bond donors (Lipinski definition) is 1. The van der Waals surface area contributed by atoms with Gasteiger partial charge < -0.3 is 15.0 Å². The second kappa shape index (κ2) is 6.34.